The molecule has 1 aliphatic rings. The van der Waals surface area contributed by atoms with Crippen molar-refractivity contribution in [2.45, 2.75) is 13.8 Å². The van der Waals surface area contributed by atoms with Crippen LogP contribution in [0.3, 0.4) is 0 Å². The van der Waals surface area contributed by atoms with E-state index in [0.717, 1.165) is 44.0 Å². The molecule has 0 saturated carbocycles. The molecule has 1 heterocycles. The molecule has 2 aromatic carbocycles. The molecule has 3 rings (SSSR count). The van der Waals surface area contributed by atoms with E-state index in [-0.39, 0.29) is 12.5 Å². The minimum atomic E-state index is -0.441. The van der Waals surface area contributed by atoms with Gasteiger partial charge in [0, 0.05) is 26.2 Å². The van der Waals surface area contributed by atoms with Gasteiger partial charge in [-0.2, -0.15) is 0 Å². The van der Waals surface area contributed by atoms with E-state index in [1.165, 1.54) is 7.11 Å². The Hall–Kier alpha value is -3.06. The average molecular weight is 412 g/mol. The monoisotopic (exact) mass is 411 g/mol. The number of nitrogens with zero attached hydrogens (tertiary/aromatic N) is 2. The van der Waals surface area contributed by atoms with Gasteiger partial charge in [0.25, 0.3) is 5.91 Å². The van der Waals surface area contributed by atoms with Crippen LogP contribution in [0.5, 0.6) is 5.75 Å². The number of aryl methyl sites for hydroxylation is 1. The standard InChI is InChI=1S/C23H29N3O4/c1-4-25-10-12-26(13-11-25)21-9-8-18(23(28)29-3)15-20(21)24-22(27)16-30-19-7-5-6-17(2)14-19/h5-9,14-15H,4,10-13,16H2,1-3H3,(H,24,27). The smallest absolute Gasteiger partial charge is 0.337 e. The summed E-state index contributed by atoms with van der Waals surface area (Å²) in [4.78, 5) is 29.2. The predicted molar refractivity (Wildman–Crippen MR) is 117 cm³/mol. The number of hydrogen-bond acceptors (Lipinski definition) is 6. The minimum absolute atomic E-state index is 0.116. The molecular weight excluding hydrogens is 382 g/mol. The summed E-state index contributed by atoms with van der Waals surface area (Å²) in [5.41, 5.74) is 2.93. The van der Waals surface area contributed by atoms with Crippen molar-refractivity contribution in [3.63, 3.8) is 0 Å². The minimum Gasteiger partial charge on any atom is -0.484 e. The van der Waals surface area contributed by atoms with Crippen LogP contribution < -0.4 is 15.0 Å². The summed E-state index contributed by atoms with van der Waals surface area (Å²) in [7, 11) is 1.34. The van der Waals surface area contributed by atoms with E-state index >= 15 is 0 Å². The van der Waals surface area contributed by atoms with Crippen molar-refractivity contribution >= 4 is 23.3 Å². The number of methoxy groups -OCH3 is 1. The second kappa shape index (κ2) is 10.1. The Bertz CT molecular complexity index is 892. The van der Waals surface area contributed by atoms with Crippen molar-refractivity contribution in [1.29, 1.82) is 0 Å². The maximum absolute atomic E-state index is 12.6. The van der Waals surface area contributed by atoms with Crippen LogP contribution in [0, 0.1) is 6.92 Å². The Morgan fingerprint density at radius 3 is 2.50 bits per heavy atom. The lowest BCUT2D eigenvalue weighted by molar-refractivity contribution is -0.118. The number of amides is 1. The first kappa shape index (κ1) is 21.6. The zero-order valence-corrected chi connectivity index (χ0v) is 17.8. The molecule has 2 aromatic rings. The number of esters is 1. The molecule has 1 amide bonds. The van der Waals surface area contributed by atoms with Crippen molar-refractivity contribution < 1.29 is 19.1 Å². The number of anilines is 2. The van der Waals surface area contributed by atoms with Crippen LogP contribution in [0.15, 0.2) is 42.5 Å². The lowest BCUT2D eigenvalue weighted by atomic mass is 10.1. The van der Waals surface area contributed by atoms with E-state index in [1.54, 1.807) is 12.1 Å². The topological polar surface area (TPSA) is 71.1 Å². The van der Waals surface area contributed by atoms with Gasteiger partial charge in [-0.1, -0.05) is 19.1 Å². The molecule has 0 radical (unpaired) electrons. The highest BCUT2D eigenvalue weighted by Gasteiger charge is 2.20. The van der Waals surface area contributed by atoms with Gasteiger partial charge in [-0.05, 0) is 49.4 Å². The quantitative estimate of drug-likeness (QED) is 0.707. The van der Waals surface area contributed by atoms with Crippen LogP contribution in [-0.2, 0) is 9.53 Å². The number of benzene rings is 2. The predicted octanol–water partition coefficient (Wildman–Crippen LogP) is 2.94. The Morgan fingerprint density at radius 2 is 1.83 bits per heavy atom. The number of rotatable bonds is 7. The van der Waals surface area contributed by atoms with Crippen LogP contribution in [0.2, 0.25) is 0 Å². The summed E-state index contributed by atoms with van der Waals surface area (Å²) in [6.07, 6.45) is 0. The van der Waals surface area contributed by atoms with Crippen LogP contribution >= 0.6 is 0 Å². The summed E-state index contributed by atoms with van der Waals surface area (Å²) < 4.78 is 10.4. The van der Waals surface area contributed by atoms with Gasteiger partial charge in [0.2, 0.25) is 0 Å². The SMILES string of the molecule is CCN1CCN(c2ccc(C(=O)OC)cc2NC(=O)COc2cccc(C)c2)CC1. The molecule has 1 saturated heterocycles. The summed E-state index contributed by atoms with van der Waals surface area (Å²) in [5.74, 6) is -0.0831. The fourth-order valence-corrected chi connectivity index (χ4v) is 3.50. The molecule has 0 bridgehead atoms. The third kappa shape index (κ3) is 5.51. The van der Waals surface area contributed by atoms with Gasteiger partial charge in [0.1, 0.15) is 5.75 Å². The normalized spacial score (nSPS) is 14.3. The fourth-order valence-electron chi connectivity index (χ4n) is 3.50. The lowest BCUT2D eigenvalue weighted by Gasteiger charge is -2.36. The molecule has 160 valence electrons. The number of hydrogen-bond donors (Lipinski definition) is 1. The van der Waals surface area contributed by atoms with E-state index in [2.05, 4.69) is 22.0 Å². The highest BCUT2D eigenvalue weighted by atomic mass is 16.5. The molecule has 7 heteroatoms. The van der Waals surface area contributed by atoms with Crippen molar-refractivity contribution in [1.82, 2.24) is 4.90 Å². The van der Waals surface area contributed by atoms with Crippen molar-refractivity contribution in [2.24, 2.45) is 0 Å². The molecule has 0 unspecified atom stereocenters. The van der Waals surface area contributed by atoms with E-state index in [0.29, 0.717) is 17.0 Å². The first-order valence-corrected chi connectivity index (χ1v) is 10.2. The van der Waals surface area contributed by atoms with Crippen LogP contribution in [0.25, 0.3) is 0 Å². The summed E-state index contributed by atoms with van der Waals surface area (Å²) >= 11 is 0. The van der Waals surface area contributed by atoms with Gasteiger partial charge in [0.15, 0.2) is 6.61 Å². The summed E-state index contributed by atoms with van der Waals surface area (Å²) in [6.45, 7) is 8.65. The third-order valence-electron chi connectivity index (χ3n) is 5.21. The van der Waals surface area contributed by atoms with E-state index in [9.17, 15) is 9.59 Å². The zero-order chi connectivity index (χ0) is 21.5. The fraction of sp³-hybridized carbons (Fsp3) is 0.391. The molecule has 0 aliphatic carbocycles. The molecule has 0 spiro atoms. The Labute approximate surface area is 177 Å². The van der Waals surface area contributed by atoms with E-state index in [4.69, 9.17) is 9.47 Å². The average Bonchev–Trinajstić information content (AvgIpc) is 2.77. The lowest BCUT2D eigenvalue weighted by Crippen LogP contribution is -2.46. The maximum Gasteiger partial charge on any atom is 0.337 e. The molecule has 30 heavy (non-hydrogen) atoms. The largest absolute Gasteiger partial charge is 0.484 e. The van der Waals surface area contributed by atoms with Gasteiger partial charge in [-0.15, -0.1) is 0 Å². The molecule has 0 atom stereocenters. The number of ether oxygens (including phenoxy) is 2. The van der Waals surface area contributed by atoms with Gasteiger partial charge in [-0.25, -0.2) is 4.79 Å². The molecule has 1 aliphatic heterocycles. The summed E-state index contributed by atoms with van der Waals surface area (Å²) in [6, 6.07) is 12.8. The Kier molecular flexibility index (Phi) is 7.30. The van der Waals surface area contributed by atoms with Crippen molar-refractivity contribution in [2.75, 3.05) is 56.7 Å². The first-order valence-electron chi connectivity index (χ1n) is 10.2. The van der Waals surface area contributed by atoms with Crippen molar-refractivity contribution in [3.05, 3.63) is 53.6 Å². The number of nitrogens with one attached hydrogen (secondary N) is 1. The van der Waals surface area contributed by atoms with Gasteiger partial charge >= 0.3 is 5.97 Å². The van der Waals surface area contributed by atoms with Crippen LogP contribution in [0.1, 0.15) is 22.8 Å². The highest BCUT2D eigenvalue weighted by Crippen LogP contribution is 2.29. The molecular formula is C23H29N3O4. The number of carbonyl (C=O) groups is 2. The van der Waals surface area contributed by atoms with Crippen LogP contribution in [0.4, 0.5) is 11.4 Å². The van der Waals surface area contributed by atoms with Gasteiger partial charge < -0.3 is 24.6 Å². The molecule has 1 N–H and O–H groups in total. The Balaban J connectivity index is 1.74. The van der Waals surface area contributed by atoms with E-state index in [1.807, 2.05) is 37.3 Å². The highest BCUT2D eigenvalue weighted by molar-refractivity contribution is 5.98. The van der Waals surface area contributed by atoms with Crippen LogP contribution in [-0.4, -0.2) is 63.2 Å². The summed E-state index contributed by atoms with van der Waals surface area (Å²) in [5, 5.41) is 2.91. The maximum atomic E-state index is 12.6. The van der Waals surface area contributed by atoms with Gasteiger partial charge in [-0.3, -0.25) is 4.79 Å². The second-order valence-corrected chi connectivity index (χ2v) is 7.30. The molecule has 0 aromatic heterocycles. The molecule has 1 fully saturated rings. The molecule has 7 nitrogen and oxygen atoms in total. The third-order valence-corrected chi connectivity index (χ3v) is 5.21. The van der Waals surface area contributed by atoms with Gasteiger partial charge in [0.05, 0.1) is 24.0 Å². The number of piperazine rings is 1. The number of carbonyl (C=O) groups excluding carboxylic acids is 2. The van der Waals surface area contributed by atoms with Crippen molar-refractivity contribution in [3.8, 4) is 5.75 Å². The zero-order valence-electron chi connectivity index (χ0n) is 17.8. The Morgan fingerprint density at radius 1 is 1.07 bits per heavy atom. The number of likely N-dealkylation sites (N-methyl/N-ethyl adjacent to an activating group) is 1. The first-order chi connectivity index (χ1) is 14.5. The second-order valence-electron chi connectivity index (χ2n) is 7.30. The van der Waals surface area contributed by atoms with E-state index < -0.39 is 5.97 Å².